The summed E-state index contributed by atoms with van der Waals surface area (Å²) in [6, 6.07) is 7.74. The highest BCUT2D eigenvalue weighted by Gasteiger charge is 2.02. The molecule has 0 saturated heterocycles. The van der Waals surface area contributed by atoms with Crippen LogP contribution in [-0.4, -0.2) is 9.97 Å². The zero-order valence-corrected chi connectivity index (χ0v) is 11.2. The zero-order valence-electron chi connectivity index (χ0n) is 9.64. The molecule has 0 aliphatic rings. The third-order valence-electron chi connectivity index (χ3n) is 2.65. The molecule has 0 amide bonds. The highest BCUT2D eigenvalue weighted by atomic mass is 79.9. The van der Waals surface area contributed by atoms with Crippen molar-refractivity contribution in [3.63, 3.8) is 0 Å². The summed E-state index contributed by atoms with van der Waals surface area (Å²) in [5.41, 5.74) is 3.66. The van der Waals surface area contributed by atoms with Gasteiger partial charge in [0.05, 0.1) is 0 Å². The molecule has 2 heterocycles. The van der Waals surface area contributed by atoms with Gasteiger partial charge in [-0.15, -0.1) is 0 Å². The fourth-order valence-corrected chi connectivity index (χ4v) is 1.91. The van der Waals surface area contributed by atoms with E-state index in [1.807, 2.05) is 31.2 Å². The SMILES string of the molecule is Cc1cc(Nc2ccc3ncoc3c2)ncc1Br. The van der Waals surface area contributed by atoms with Gasteiger partial charge in [0.25, 0.3) is 0 Å². The zero-order chi connectivity index (χ0) is 12.5. The molecule has 1 N–H and O–H groups in total. The Bertz CT molecular complexity index is 708. The summed E-state index contributed by atoms with van der Waals surface area (Å²) < 4.78 is 6.26. The van der Waals surface area contributed by atoms with Crippen LogP contribution in [0.25, 0.3) is 11.1 Å². The van der Waals surface area contributed by atoms with Gasteiger partial charge in [-0.05, 0) is 46.6 Å². The molecule has 3 aromatic rings. The number of hydrogen-bond donors (Lipinski definition) is 1. The number of aryl methyl sites for hydroxylation is 1. The highest BCUT2D eigenvalue weighted by molar-refractivity contribution is 9.10. The lowest BCUT2D eigenvalue weighted by molar-refractivity contribution is 0.602. The second-order valence-corrected chi connectivity index (χ2v) is 4.83. The van der Waals surface area contributed by atoms with Gasteiger partial charge in [-0.2, -0.15) is 0 Å². The Morgan fingerprint density at radius 1 is 1.22 bits per heavy atom. The van der Waals surface area contributed by atoms with E-state index in [0.29, 0.717) is 0 Å². The molecular weight excluding hydrogens is 294 g/mol. The van der Waals surface area contributed by atoms with Crippen molar-refractivity contribution in [1.29, 1.82) is 0 Å². The summed E-state index contributed by atoms with van der Waals surface area (Å²) in [6.45, 7) is 2.02. The van der Waals surface area contributed by atoms with E-state index in [1.54, 1.807) is 6.20 Å². The topological polar surface area (TPSA) is 51.0 Å². The summed E-state index contributed by atoms with van der Waals surface area (Å²) >= 11 is 3.43. The first-order valence-electron chi connectivity index (χ1n) is 5.45. The third kappa shape index (κ3) is 2.09. The minimum atomic E-state index is 0.758. The van der Waals surface area contributed by atoms with Crippen molar-refractivity contribution in [3.8, 4) is 0 Å². The first-order chi connectivity index (χ1) is 8.72. The van der Waals surface area contributed by atoms with Gasteiger partial charge in [-0.3, -0.25) is 0 Å². The molecule has 0 aliphatic heterocycles. The van der Waals surface area contributed by atoms with Crippen molar-refractivity contribution < 1.29 is 4.42 Å². The van der Waals surface area contributed by atoms with Crippen LogP contribution in [0, 0.1) is 6.92 Å². The van der Waals surface area contributed by atoms with Crippen LogP contribution in [0.4, 0.5) is 11.5 Å². The first kappa shape index (κ1) is 11.2. The van der Waals surface area contributed by atoms with Crippen LogP contribution in [0.15, 0.2) is 45.7 Å². The van der Waals surface area contributed by atoms with E-state index in [-0.39, 0.29) is 0 Å². The molecule has 0 saturated carbocycles. The fraction of sp³-hybridized carbons (Fsp3) is 0.0769. The smallest absolute Gasteiger partial charge is 0.181 e. The number of fused-ring (bicyclic) bond motifs is 1. The summed E-state index contributed by atoms with van der Waals surface area (Å²) in [4.78, 5) is 8.37. The lowest BCUT2D eigenvalue weighted by Gasteiger charge is -2.06. The van der Waals surface area contributed by atoms with Gasteiger partial charge in [0.1, 0.15) is 11.3 Å². The molecule has 18 heavy (non-hydrogen) atoms. The van der Waals surface area contributed by atoms with Gasteiger partial charge < -0.3 is 9.73 Å². The number of halogens is 1. The van der Waals surface area contributed by atoms with Crippen molar-refractivity contribution in [1.82, 2.24) is 9.97 Å². The van der Waals surface area contributed by atoms with Crippen LogP contribution < -0.4 is 5.32 Å². The Morgan fingerprint density at radius 2 is 2.11 bits per heavy atom. The average Bonchev–Trinajstić information content (AvgIpc) is 2.81. The van der Waals surface area contributed by atoms with Crippen molar-refractivity contribution >= 4 is 38.5 Å². The van der Waals surface area contributed by atoms with Crippen LogP contribution in [0.3, 0.4) is 0 Å². The third-order valence-corrected chi connectivity index (χ3v) is 3.48. The number of anilines is 2. The van der Waals surface area contributed by atoms with E-state index < -0.39 is 0 Å². The largest absolute Gasteiger partial charge is 0.443 e. The summed E-state index contributed by atoms with van der Waals surface area (Å²) in [5, 5.41) is 3.23. The van der Waals surface area contributed by atoms with Gasteiger partial charge in [0.2, 0.25) is 0 Å². The maximum Gasteiger partial charge on any atom is 0.181 e. The summed E-state index contributed by atoms with van der Waals surface area (Å²) in [5.74, 6) is 0.801. The molecular formula is C13H10BrN3O. The monoisotopic (exact) mass is 303 g/mol. The van der Waals surface area contributed by atoms with Gasteiger partial charge in [-0.25, -0.2) is 9.97 Å². The summed E-state index contributed by atoms with van der Waals surface area (Å²) in [7, 11) is 0. The molecule has 0 atom stereocenters. The molecule has 1 aromatic carbocycles. The average molecular weight is 304 g/mol. The number of rotatable bonds is 2. The standard InChI is InChI=1S/C13H10BrN3O/c1-8-4-13(15-6-10(8)14)17-9-2-3-11-12(5-9)18-7-16-11/h2-7H,1H3,(H,15,17). The quantitative estimate of drug-likeness (QED) is 0.776. The minimum Gasteiger partial charge on any atom is -0.443 e. The second-order valence-electron chi connectivity index (χ2n) is 3.98. The van der Waals surface area contributed by atoms with Gasteiger partial charge >= 0.3 is 0 Å². The van der Waals surface area contributed by atoms with Gasteiger partial charge in [0, 0.05) is 22.4 Å². The molecule has 2 aromatic heterocycles. The van der Waals surface area contributed by atoms with E-state index in [9.17, 15) is 0 Å². The van der Waals surface area contributed by atoms with Crippen molar-refractivity contribution in [2.24, 2.45) is 0 Å². The Hall–Kier alpha value is -1.88. The van der Waals surface area contributed by atoms with Crippen molar-refractivity contribution in [2.45, 2.75) is 6.92 Å². The number of nitrogens with zero attached hydrogens (tertiary/aromatic N) is 2. The van der Waals surface area contributed by atoms with Crippen molar-refractivity contribution in [3.05, 3.63) is 46.9 Å². The van der Waals surface area contributed by atoms with Crippen LogP contribution in [0.5, 0.6) is 0 Å². The molecule has 0 fully saturated rings. The number of benzene rings is 1. The Morgan fingerprint density at radius 3 is 2.94 bits per heavy atom. The molecule has 0 aliphatic carbocycles. The Labute approximate surface area is 112 Å². The van der Waals surface area contributed by atoms with E-state index in [2.05, 4.69) is 31.2 Å². The molecule has 5 heteroatoms. The number of nitrogens with one attached hydrogen (secondary N) is 1. The first-order valence-corrected chi connectivity index (χ1v) is 6.24. The number of hydrogen-bond acceptors (Lipinski definition) is 4. The molecule has 90 valence electrons. The second kappa shape index (κ2) is 4.42. The maximum absolute atomic E-state index is 5.26. The predicted molar refractivity (Wildman–Crippen MR) is 74.0 cm³/mol. The van der Waals surface area contributed by atoms with E-state index in [0.717, 1.165) is 32.6 Å². The lowest BCUT2D eigenvalue weighted by Crippen LogP contribution is -1.94. The predicted octanol–water partition coefficient (Wildman–Crippen LogP) is 4.04. The van der Waals surface area contributed by atoms with Crippen LogP contribution >= 0.6 is 15.9 Å². The Balaban J connectivity index is 1.92. The normalized spacial score (nSPS) is 10.8. The molecule has 0 radical (unpaired) electrons. The molecule has 4 nitrogen and oxygen atoms in total. The number of aromatic nitrogens is 2. The minimum absolute atomic E-state index is 0.758. The van der Waals surface area contributed by atoms with Gasteiger partial charge in [0.15, 0.2) is 12.0 Å². The fourth-order valence-electron chi connectivity index (χ4n) is 1.69. The van der Waals surface area contributed by atoms with E-state index in [1.165, 1.54) is 6.39 Å². The van der Waals surface area contributed by atoms with E-state index in [4.69, 9.17) is 4.42 Å². The number of oxazole rings is 1. The van der Waals surface area contributed by atoms with E-state index >= 15 is 0 Å². The maximum atomic E-state index is 5.26. The molecule has 3 rings (SSSR count). The highest BCUT2D eigenvalue weighted by Crippen LogP contribution is 2.23. The van der Waals surface area contributed by atoms with Crippen LogP contribution in [-0.2, 0) is 0 Å². The Kier molecular flexibility index (Phi) is 2.76. The summed E-state index contributed by atoms with van der Waals surface area (Å²) in [6.07, 6.45) is 3.22. The lowest BCUT2D eigenvalue weighted by atomic mass is 10.2. The molecule has 0 bridgehead atoms. The molecule has 0 unspecified atom stereocenters. The van der Waals surface area contributed by atoms with Crippen LogP contribution in [0.1, 0.15) is 5.56 Å². The van der Waals surface area contributed by atoms with Crippen LogP contribution in [0.2, 0.25) is 0 Å². The van der Waals surface area contributed by atoms with Gasteiger partial charge in [-0.1, -0.05) is 0 Å². The number of pyridine rings is 1. The molecule has 0 spiro atoms. The van der Waals surface area contributed by atoms with Crippen molar-refractivity contribution in [2.75, 3.05) is 5.32 Å².